The molecule has 2 aliphatic heterocycles. The van der Waals surface area contributed by atoms with Gasteiger partial charge in [-0.15, -0.1) is 24.8 Å². The normalized spacial score (nSPS) is 16.8. The largest absolute Gasteiger partial charge is 0.494 e. The van der Waals surface area contributed by atoms with Gasteiger partial charge in [0.05, 0.1) is 17.2 Å². The molecule has 6 nitrogen and oxygen atoms in total. The van der Waals surface area contributed by atoms with Crippen molar-refractivity contribution in [2.24, 2.45) is 0 Å². The molecule has 0 radical (unpaired) electrons. The van der Waals surface area contributed by atoms with Crippen molar-refractivity contribution >= 4 is 82.4 Å². The van der Waals surface area contributed by atoms with Crippen LogP contribution in [0, 0.1) is 0 Å². The molecule has 0 bridgehead atoms. The lowest BCUT2D eigenvalue weighted by atomic mass is 10.2. The Balaban J connectivity index is 0.00000231. The van der Waals surface area contributed by atoms with Crippen LogP contribution in [0.4, 0.5) is 5.69 Å². The molecule has 11 heteroatoms. The predicted octanol–water partition coefficient (Wildman–Crippen LogP) is 7.40. The number of hydrogen-bond donors (Lipinski definition) is 0. The summed E-state index contributed by atoms with van der Waals surface area (Å²) in [5.74, 6) is 2.06. The maximum atomic E-state index is 13.2. The Morgan fingerprint density at radius 2 is 1.46 bits per heavy atom. The zero-order valence-electron chi connectivity index (χ0n) is 22.5. The summed E-state index contributed by atoms with van der Waals surface area (Å²) in [7, 11) is 2.17. The van der Waals surface area contributed by atoms with Gasteiger partial charge in [0.15, 0.2) is 4.32 Å². The van der Waals surface area contributed by atoms with Gasteiger partial charge >= 0.3 is 0 Å². The van der Waals surface area contributed by atoms with E-state index in [1.807, 2.05) is 66.7 Å². The molecule has 0 saturated carbocycles. The molecule has 0 atom stereocenters. The van der Waals surface area contributed by atoms with Gasteiger partial charge in [-0.2, -0.15) is 0 Å². The second-order valence-corrected chi connectivity index (χ2v) is 11.6. The number of ether oxygens (including phenoxy) is 2. The third-order valence-electron chi connectivity index (χ3n) is 6.60. The molecule has 0 N–H and O–H groups in total. The van der Waals surface area contributed by atoms with E-state index in [0.717, 1.165) is 56.1 Å². The van der Waals surface area contributed by atoms with Gasteiger partial charge in [0, 0.05) is 37.7 Å². The van der Waals surface area contributed by atoms with Crippen molar-refractivity contribution < 1.29 is 14.3 Å². The number of nitrogens with zero attached hydrogens (tertiary/aromatic N) is 3. The lowest BCUT2D eigenvalue weighted by Crippen LogP contribution is -2.44. The number of thiocarbonyl (C=S) groups is 1. The Kier molecular flexibility index (Phi) is 12.8. The highest BCUT2D eigenvalue weighted by molar-refractivity contribution is 8.27. The smallest absolute Gasteiger partial charge is 0.270 e. The Hall–Kier alpha value is -2.30. The van der Waals surface area contributed by atoms with Crippen LogP contribution < -0.4 is 14.4 Å². The summed E-state index contributed by atoms with van der Waals surface area (Å²) >= 11 is 12.8. The second-order valence-electron chi connectivity index (χ2n) is 9.48. The van der Waals surface area contributed by atoms with Crippen LogP contribution in [-0.4, -0.2) is 66.4 Å². The van der Waals surface area contributed by atoms with Crippen LogP contribution in [0.15, 0.2) is 77.7 Å². The monoisotopic (exact) mass is 651 g/mol. The summed E-state index contributed by atoms with van der Waals surface area (Å²) in [6, 6.07) is 22.3. The lowest BCUT2D eigenvalue weighted by molar-refractivity contribution is -0.113. The van der Waals surface area contributed by atoms with E-state index in [1.165, 1.54) is 11.8 Å². The lowest BCUT2D eigenvalue weighted by Gasteiger charge is -2.32. The van der Waals surface area contributed by atoms with E-state index in [-0.39, 0.29) is 30.7 Å². The number of carbonyl (C=O) groups excluding carboxylic acids is 1. The number of rotatable bonds is 9. The molecule has 3 aromatic carbocycles. The summed E-state index contributed by atoms with van der Waals surface area (Å²) in [5.41, 5.74) is 1.62. The first kappa shape index (κ1) is 33.2. The van der Waals surface area contributed by atoms with Gasteiger partial charge < -0.3 is 19.3 Å². The number of anilines is 1. The molecule has 41 heavy (non-hydrogen) atoms. The van der Waals surface area contributed by atoms with E-state index in [9.17, 15) is 4.79 Å². The van der Waals surface area contributed by atoms with Crippen molar-refractivity contribution in [3.63, 3.8) is 0 Å². The molecule has 2 heterocycles. The summed E-state index contributed by atoms with van der Waals surface area (Å²) in [6.45, 7) is 6.20. The van der Waals surface area contributed by atoms with Crippen LogP contribution in [0.3, 0.4) is 0 Å². The Labute approximate surface area is 268 Å². The second kappa shape index (κ2) is 15.8. The quantitative estimate of drug-likeness (QED) is 0.136. The average Bonchev–Trinajstić information content (AvgIpc) is 3.22. The van der Waals surface area contributed by atoms with Gasteiger partial charge in [-0.25, -0.2) is 0 Å². The zero-order valence-corrected chi connectivity index (χ0v) is 26.6. The third kappa shape index (κ3) is 9.09. The standard InChI is InChI=1S/C30H30ClN3O3S2.2ClH/c1-32-16-18-33(19-17-32)15-2-20-36-25-13-7-24(8-14-25)34-29(35)28(39-30(34)38)21-22-3-9-26(10-4-22)37-27-11-5-23(31)6-12-27;;/h3-14,21H,2,15-20H2,1H3;2*1H. The minimum atomic E-state index is -0.132. The van der Waals surface area contributed by atoms with E-state index >= 15 is 0 Å². The van der Waals surface area contributed by atoms with E-state index in [4.69, 9.17) is 33.3 Å². The zero-order chi connectivity index (χ0) is 27.2. The fourth-order valence-electron chi connectivity index (χ4n) is 4.35. The third-order valence-corrected chi connectivity index (χ3v) is 8.15. The SMILES string of the molecule is CN1CCN(CCCOc2ccc(N3C(=O)C(=Cc4ccc(Oc5ccc(Cl)cc5)cc4)SC3=S)cc2)CC1.Cl.Cl. The van der Waals surface area contributed by atoms with Crippen LogP contribution >= 0.6 is 60.4 Å². The molecule has 2 fully saturated rings. The molecule has 0 aliphatic carbocycles. The van der Waals surface area contributed by atoms with Gasteiger partial charge in [0.1, 0.15) is 17.2 Å². The number of benzene rings is 3. The molecule has 3 aromatic rings. The first-order chi connectivity index (χ1) is 18.9. The molecule has 0 spiro atoms. The van der Waals surface area contributed by atoms with Gasteiger partial charge in [-0.05, 0) is 85.8 Å². The van der Waals surface area contributed by atoms with Crippen molar-refractivity contribution in [2.75, 3.05) is 51.3 Å². The van der Waals surface area contributed by atoms with Crippen molar-refractivity contribution in [3.05, 3.63) is 88.3 Å². The van der Waals surface area contributed by atoms with Gasteiger partial charge in [-0.1, -0.05) is 47.7 Å². The number of halogens is 3. The number of likely N-dealkylation sites (N-methyl/N-ethyl adjacent to an activating group) is 1. The first-order valence-electron chi connectivity index (χ1n) is 12.9. The van der Waals surface area contributed by atoms with E-state index < -0.39 is 0 Å². The maximum Gasteiger partial charge on any atom is 0.270 e. The van der Waals surface area contributed by atoms with Crippen LogP contribution in [0.5, 0.6) is 17.2 Å². The van der Waals surface area contributed by atoms with Crippen molar-refractivity contribution in [2.45, 2.75) is 6.42 Å². The maximum absolute atomic E-state index is 13.2. The Morgan fingerprint density at radius 1 is 0.878 bits per heavy atom. The number of amides is 1. The van der Waals surface area contributed by atoms with E-state index in [2.05, 4.69) is 16.8 Å². The number of hydrogen-bond acceptors (Lipinski definition) is 7. The summed E-state index contributed by atoms with van der Waals surface area (Å²) in [5, 5.41) is 0.659. The van der Waals surface area contributed by atoms with Crippen LogP contribution in [0.25, 0.3) is 6.08 Å². The van der Waals surface area contributed by atoms with Crippen molar-refractivity contribution in [3.8, 4) is 17.2 Å². The van der Waals surface area contributed by atoms with Crippen LogP contribution in [-0.2, 0) is 4.79 Å². The van der Waals surface area contributed by atoms with Gasteiger partial charge in [0.25, 0.3) is 5.91 Å². The topological polar surface area (TPSA) is 45.2 Å². The van der Waals surface area contributed by atoms with Crippen LogP contribution in [0.1, 0.15) is 12.0 Å². The fraction of sp³-hybridized carbons (Fsp3) is 0.267. The van der Waals surface area contributed by atoms with Gasteiger partial charge in [-0.3, -0.25) is 9.69 Å². The molecule has 0 unspecified atom stereocenters. The minimum absolute atomic E-state index is 0. The highest BCUT2D eigenvalue weighted by Crippen LogP contribution is 2.37. The minimum Gasteiger partial charge on any atom is -0.494 e. The van der Waals surface area contributed by atoms with E-state index in [1.54, 1.807) is 17.0 Å². The molecule has 2 saturated heterocycles. The predicted molar refractivity (Wildman–Crippen MR) is 179 cm³/mol. The van der Waals surface area contributed by atoms with Crippen molar-refractivity contribution in [1.29, 1.82) is 0 Å². The molecular formula is C30H32Cl3N3O3S2. The van der Waals surface area contributed by atoms with Crippen LogP contribution in [0.2, 0.25) is 5.02 Å². The van der Waals surface area contributed by atoms with Crippen molar-refractivity contribution in [1.82, 2.24) is 9.80 Å². The molecule has 5 rings (SSSR count). The first-order valence-corrected chi connectivity index (χ1v) is 14.5. The molecular weight excluding hydrogens is 621 g/mol. The summed E-state index contributed by atoms with van der Waals surface area (Å²) in [6.07, 6.45) is 2.84. The Morgan fingerprint density at radius 3 is 2.10 bits per heavy atom. The number of carbonyl (C=O) groups is 1. The molecule has 0 aromatic heterocycles. The summed E-state index contributed by atoms with van der Waals surface area (Å²) in [4.78, 5) is 20.2. The van der Waals surface area contributed by atoms with E-state index in [0.29, 0.717) is 32.4 Å². The molecule has 2 aliphatic rings. The highest BCUT2D eigenvalue weighted by atomic mass is 35.5. The summed E-state index contributed by atoms with van der Waals surface area (Å²) < 4.78 is 12.3. The van der Waals surface area contributed by atoms with Gasteiger partial charge in [0.2, 0.25) is 0 Å². The highest BCUT2D eigenvalue weighted by Gasteiger charge is 2.33. The fourth-order valence-corrected chi connectivity index (χ4v) is 5.78. The molecule has 1 amide bonds. The Bertz CT molecular complexity index is 1330. The number of thioether (sulfide) groups is 1. The average molecular weight is 653 g/mol. The molecule has 218 valence electrons. The number of piperazine rings is 1.